The van der Waals surface area contributed by atoms with Crippen LogP contribution in [-0.4, -0.2) is 64.1 Å². The number of aliphatic hydroxyl groups is 2. The molecule has 0 saturated carbocycles. The zero-order valence-corrected chi connectivity index (χ0v) is 28.0. The Kier molecular flexibility index (Phi) is 14.1. The number of ether oxygens (including phenoxy) is 1. The lowest BCUT2D eigenvalue weighted by atomic mass is 9.90. The second-order valence-corrected chi connectivity index (χ2v) is 13.5. The highest BCUT2D eigenvalue weighted by Gasteiger charge is 2.36. The predicted molar refractivity (Wildman–Crippen MR) is 175 cm³/mol. The van der Waals surface area contributed by atoms with Crippen molar-refractivity contribution in [3.05, 3.63) is 48.0 Å². The number of fused-ring (bicyclic) bond motifs is 1. The second-order valence-electron chi connectivity index (χ2n) is 13.5. The van der Waals surface area contributed by atoms with Gasteiger partial charge in [0.1, 0.15) is 23.8 Å². The first-order chi connectivity index (χ1) is 20.6. The Bertz CT molecular complexity index is 1220. The van der Waals surface area contributed by atoms with Gasteiger partial charge in [-0.15, -0.1) is 0 Å². The SMILES string of the molecule is CC[C@H](C)[C@H](NC(=O)OC(C)(C)C)C(=O)N[C@H](C(=O)N[C@@H](Cc1cccc2ccccc12)[C@@H](O)[C@@H](O)CC(C)C)[C@@H](C)CC. The smallest absolute Gasteiger partial charge is 0.408 e. The van der Waals surface area contributed by atoms with Crippen LogP contribution < -0.4 is 16.0 Å². The second kappa shape index (κ2) is 16.8. The number of rotatable bonds is 15. The van der Waals surface area contributed by atoms with Gasteiger partial charge in [-0.05, 0) is 67.7 Å². The van der Waals surface area contributed by atoms with Crippen molar-refractivity contribution >= 4 is 28.7 Å². The van der Waals surface area contributed by atoms with E-state index in [9.17, 15) is 24.6 Å². The van der Waals surface area contributed by atoms with Gasteiger partial charge in [0, 0.05) is 0 Å². The summed E-state index contributed by atoms with van der Waals surface area (Å²) in [7, 11) is 0. The highest BCUT2D eigenvalue weighted by atomic mass is 16.6. The third kappa shape index (κ3) is 11.1. The molecule has 3 amide bonds. The number of benzene rings is 2. The van der Waals surface area contributed by atoms with Gasteiger partial charge in [0.05, 0.1) is 12.1 Å². The molecule has 0 radical (unpaired) electrons. The van der Waals surface area contributed by atoms with Gasteiger partial charge in [-0.3, -0.25) is 9.59 Å². The van der Waals surface area contributed by atoms with E-state index in [1.165, 1.54) is 0 Å². The van der Waals surface area contributed by atoms with Crippen LogP contribution >= 0.6 is 0 Å². The minimum atomic E-state index is -1.24. The maximum atomic E-state index is 13.9. The number of carbonyl (C=O) groups excluding carboxylic acids is 3. The molecule has 0 aromatic heterocycles. The van der Waals surface area contributed by atoms with E-state index in [2.05, 4.69) is 16.0 Å². The van der Waals surface area contributed by atoms with Crippen LogP contribution in [0.5, 0.6) is 0 Å². The molecule has 9 nitrogen and oxygen atoms in total. The van der Waals surface area contributed by atoms with Crippen LogP contribution in [-0.2, 0) is 20.7 Å². The standard InChI is InChI=1S/C35H55N3O6/c1-10-22(5)29(37-33(42)30(23(6)11-2)38-34(43)44-35(7,8)9)32(41)36-27(31(40)28(39)19-21(3)4)20-25-17-14-16-24-15-12-13-18-26(24)25/h12-18,21-23,27-31,39-40H,10-11,19-20H2,1-9H3,(H,36,41)(H,37,42)(H,38,43)/t22-,23-,27-,28-,29-,30-,31+/m0/s1. The molecule has 44 heavy (non-hydrogen) atoms. The number of nitrogens with one attached hydrogen (secondary N) is 3. The predicted octanol–water partition coefficient (Wildman–Crippen LogP) is 5.11. The van der Waals surface area contributed by atoms with E-state index in [-0.39, 0.29) is 24.2 Å². The third-order valence-electron chi connectivity index (χ3n) is 8.13. The van der Waals surface area contributed by atoms with Gasteiger partial charge in [-0.2, -0.15) is 0 Å². The van der Waals surface area contributed by atoms with E-state index in [0.717, 1.165) is 16.3 Å². The highest BCUT2D eigenvalue weighted by molar-refractivity contribution is 5.92. The minimum absolute atomic E-state index is 0.135. The molecular weight excluding hydrogens is 558 g/mol. The van der Waals surface area contributed by atoms with Crippen molar-refractivity contribution in [1.29, 1.82) is 0 Å². The molecule has 0 unspecified atom stereocenters. The Balaban J connectivity index is 2.37. The highest BCUT2D eigenvalue weighted by Crippen LogP contribution is 2.23. The molecule has 0 fully saturated rings. The van der Waals surface area contributed by atoms with Crippen molar-refractivity contribution in [2.24, 2.45) is 17.8 Å². The lowest BCUT2D eigenvalue weighted by Gasteiger charge is -2.33. The lowest BCUT2D eigenvalue weighted by Crippen LogP contribution is -2.60. The van der Waals surface area contributed by atoms with Crippen molar-refractivity contribution in [2.45, 2.75) is 124 Å². The van der Waals surface area contributed by atoms with Crippen molar-refractivity contribution in [2.75, 3.05) is 0 Å². The summed E-state index contributed by atoms with van der Waals surface area (Å²) in [4.78, 5) is 40.1. The van der Waals surface area contributed by atoms with E-state index in [4.69, 9.17) is 4.74 Å². The third-order valence-corrected chi connectivity index (χ3v) is 8.13. The van der Waals surface area contributed by atoms with Crippen molar-refractivity contribution in [1.82, 2.24) is 16.0 Å². The van der Waals surface area contributed by atoms with Crippen LogP contribution in [0.1, 0.15) is 87.1 Å². The number of hydrogen-bond donors (Lipinski definition) is 5. The maximum absolute atomic E-state index is 13.9. The first-order valence-electron chi connectivity index (χ1n) is 16.0. The summed E-state index contributed by atoms with van der Waals surface area (Å²) < 4.78 is 5.39. The fraction of sp³-hybridized carbons (Fsp3) is 0.629. The summed E-state index contributed by atoms with van der Waals surface area (Å²) >= 11 is 0. The minimum Gasteiger partial charge on any atom is -0.444 e. The van der Waals surface area contributed by atoms with E-state index in [1.807, 2.05) is 84.0 Å². The molecule has 0 aliphatic heterocycles. The number of carbonyl (C=O) groups is 3. The largest absolute Gasteiger partial charge is 0.444 e. The van der Waals surface area contributed by atoms with Crippen LogP contribution in [0, 0.1) is 17.8 Å². The Morgan fingerprint density at radius 3 is 1.91 bits per heavy atom. The molecule has 2 aromatic carbocycles. The topological polar surface area (TPSA) is 137 Å². The molecule has 0 saturated heterocycles. The summed E-state index contributed by atoms with van der Waals surface area (Å²) in [5.41, 5.74) is 0.187. The molecule has 2 rings (SSSR count). The van der Waals surface area contributed by atoms with Gasteiger partial charge in [0.2, 0.25) is 11.8 Å². The van der Waals surface area contributed by atoms with Gasteiger partial charge >= 0.3 is 6.09 Å². The van der Waals surface area contributed by atoms with Crippen LogP contribution in [0.25, 0.3) is 10.8 Å². The molecule has 0 bridgehead atoms. The van der Waals surface area contributed by atoms with Crippen LogP contribution in [0.15, 0.2) is 42.5 Å². The quantitative estimate of drug-likeness (QED) is 0.190. The summed E-state index contributed by atoms with van der Waals surface area (Å²) in [5.74, 6) is -1.30. The van der Waals surface area contributed by atoms with Gasteiger partial charge in [-0.25, -0.2) is 4.79 Å². The molecule has 5 N–H and O–H groups in total. The molecule has 0 aliphatic rings. The van der Waals surface area contributed by atoms with Gasteiger partial charge in [-0.1, -0.05) is 96.8 Å². The number of alkyl carbamates (subject to hydrolysis) is 1. The molecule has 0 heterocycles. The Morgan fingerprint density at radius 1 is 0.795 bits per heavy atom. The summed E-state index contributed by atoms with van der Waals surface area (Å²) in [6.07, 6.45) is -1.16. The molecular formula is C35H55N3O6. The van der Waals surface area contributed by atoms with Crippen LogP contribution in [0.2, 0.25) is 0 Å². The normalized spacial score (nSPS) is 16.7. The molecule has 2 aromatic rings. The van der Waals surface area contributed by atoms with Crippen molar-refractivity contribution < 1.29 is 29.3 Å². The average molecular weight is 614 g/mol. The molecule has 7 atom stereocenters. The summed E-state index contributed by atoms with van der Waals surface area (Å²) in [5, 5.41) is 32.8. The molecule has 0 aliphatic carbocycles. The first-order valence-corrected chi connectivity index (χ1v) is 16.0. The first kappa shape index (κ1) is 37.0. The Hall–Kier alpha value is -3.17. The Morgan fingerprint density at radius 2 is 1.34 bits per heavy atom. The maximum Gasteiger partial charge on any atom is 0.408 e. The zero-order chi connectivity index (χ0) is 33.2. The Labute approximate surface area is 263 Å². The molecule has 246 valence electrons. The summed E-state index contributed by atoms with van der Waals surface area (Å²) in [6.45, 7) is 16.7. The van der Waals surface area contributed by atoms with Crippen LogP contribution in [0.4, 0.5) is 4.79 Å². The summed E-state index contributed by atoms with van der Waals surface area (Å²) in [6, 6.07) is 11.1. The van der Waals surface area contributed by atoms with Gasteiger partial charge < -0.3 is 30.9 Å². The fourth-order valence-electron chi connectivity index (χ4n) is 5.21. The molecule has 9 heteroatoms. The number of hydrogen-bond acceptors (Lipinski definition) is 6. The monoisotopic (exact) mass is 613 g/mol. The lowest BCUT2D eigenvalue weighted by molar-refractivity contribution is -0.133. The van der Waals surface area contributed by atoms with Gasteiger partial charge in [0.25, 0.3) is 0 Å². The van der Waals surface area contributed by atoms with Gasteiger partial charge in [0.15, 0.2) is 0 Å². The zero-order valence-electron chi connectivity index (χ0n) is 28.0. The van der Waals surface area contributed by atoms with Crippen LogP contribution in [0.3, 0.4) is 0 Å². The van der Waals surface area contributed by atoms with Crippen molar-refractivity contribution in [3.8, 4) is 0 Å². The molecule has 0 spiro atoms. The van der Waals surface area contributed by atoms with E-state index >= 15 is 0 Å². The number of aliphatic hydroxyl groups excluding tert-OH is 2. The van der Waals surface area contributed by atoms with E-state index < -0.39 is 53.8 Å². The average Bonchev–Trinajstić information content (AvgIpc) is 2.95. The van der Waals surface area contributed by atoms with E-state index in [0.29, 0.717) is 19.3 Å². The van der Waals surface area contributed by atoms with E-state index in [1.54, 1.807) is 20.8 Å². The fourth-order valence-corrected chi connectivity index (χ4v) is 5.21. The number of amides is 3. The van der Waals surface area contributed by atoms with Crippen molar-refractivity contribution in [3.63, 3.8) is 0 Å².